The fourth-order valence-electron chi connectivity index (χ4n) is 1.77. The average Bonchev–Trinajstić information content (AvgIpc) is 3.13. The van der Waals surface area contributed by atoms with Crippen LogP contribution < -0.4 is 4.74 Å². The predicted octanol–water partition coefficient (Wildman–Crippen LogP) is 3.40. The number of ether oxygens (including phenoxy) is 1. The van der Waals surface area contributed by atoms with E-state index in [2.05, 4.69) is 39.8 Å². The maximum absolute atomic E-state index is 5.89. The van der Waals surface area contributed by atoms with E-state index in [9.17, 15) is 0 Å². The monoisotopic (exact) mass is 340 g/mol. The second-order valence-corrected chi connectivity index (χ2v) is 5.41. The van der Waals surface area contributed by atoms with Gasteiger partial charge in [-0.2, -0.15) is 5.10 Å². The number of benzene rings is 1. The molecule has 0 spiro atoms. The maximum atomic E-state index is 5.89. The maximum Gasteiger partial charge on any atom is 0.226 e. The van der Waals surface area contributed by atoms with Gasteiger partial charge in [0.05, 0.1) is 15.8 Å². The second-order valence-electron chi connectivity index (χ2n) is 4.25. The minimum absolute atomic E-state index is 0.560. The van der Waals surface area contributed by atoms with Gasteiger partial charge in [-0.25, -0.2) is 4.68 Å². The molecule has 1 fully saturated rings. The summed E-state index contributed by atoms with van der Waals surface area (Å²) in [5.41, 5.74) is 1.19. The molecule has 1 saturated carbocycles. The largest absolute Gasteiger partial charge is 0.472 e. The van der Waals surface area contributed by atoms with E-state index in [1.165, 1.54) is 18.4 Å². The smallest absolute Gasteiger partial charge is 0.226 e. The number of hydrogen-bond donors (Lipinski definition) is 0. The molecule has 17 heavy (non-hydrogen) atoms. The van der Waals surface area contributed by atoms with Gasteiger partial charge in [-0.1, -0.05) is 30.3 Å². The zero-order valence-corrected chi connectivity index (χ0v) is 11.5. The lowest BCUT2D eigenvalue weighted by atomic mass is 10.2. The molecule has 0 unspecified atom stereocenters. The SMILES string of the molecule is Ic1cnn(C2CC2)c1OCc1ccccc1. The summed E-state index contributed by atoms with van der Waals surface area (Å²) >= 11 is 2.28. The number of rotatable bonds is 4. The van der Waals surface area contributed by atoms with E-state index in [4.69, 9.17) is 4.74 Å². The zero-order chi connectivity index (χ0) is 11.7. The Bertz CT molecular complexity index is 505. The van der Waals surface area contributed by atoms with Gasteiger partial charge in [-0.05, 0) is 41.0 Å². The molecule has 1 aliphatic rings. The number of nitrogens with zero attached hydrogens (tertiary/aromatic N) is 2. The van der Waals surface area contributed by atoms with Crippen molar-refractivity contribution in [1.82, 2.24) is 9.78 Å². The Morgan fingerprint density at radius 1 is 1.29 bits per heavy atom. The molecule has 88 valence electrons. The minimum atomic E-state index is 0.560. The van der Waals surface area contributed by atoms with Crippen LogP contribution in [0.1, 0.15) is 24.4 Å². The molecule has 1 aromatic heterocycles. The molecule has 1 aliphatic carbocycles. The van der Waals surface area contributed by atoms with Crippen LogP contribution in [0.15, 0.2) is 36.5 Å². The molecule has 1 aromatic carbocycles. The molecule has 4 heteroatoms. The van der Waals surface area contributed by atoms with Gasteiger partial charge in [0.1, 0.15) is 6.61 Å². The van der Waals surface area contributed by atoms with Crippen LogP contribution >= 0.6 is 22.6 Å². The highest BCUT2D eigenvalue weighted by Crippen LogP contribution is 2.38. The summed E-state index contributed by atoms with van der Waals surface area (Å²) in [6.45, 7) is 0.606. The van der Waals surface area contributed by atoms with Crippen LogP contribution in [0.2, 0.25) is 0 Å². The van der Waals surface area contributed by atoms with Crippen molar-refractivity contribution in [1.29, 1.82) is 0 Å². The fourth-order valence-corrected chi connectivity index (χ4v) is 2.30. The third-order valence-corrected chi connectivity index (χ3v) is 3.56. The first-order valence-electron chi connectivity index (χ1n) is 5.74. The van der Waals surface area contributed by atoms with Crippen LogP contribution in [0, 0.1) is 3.57 Å². The summed E-state index contributed by atoms with van der Waals surface area (Å²) in [5.74, 6) is 0.914. The number of aromatic nitrogens is 2. The van der Waals surface area contributed by atoms with Gasteiger partial charge in [0.2, 0.25) is 5.88 Å². The van der Waals surface area contributed by atoms with Crippen molar-refractivity contribution in [3.8, 4) is 5.88 Å². The summed E-state index contributed by atoms with van der Waals surface area (Å²) in [6, 6.07) is 10.8. The van der Waals surface area contributed by atoms with E-state index in [-0.39, 0.29) is 0 Å². The van der Waals surface area contributed by atoms with Crippen molar-refractivity contribution in [2.75, 3.05) is 0 Å². The Labute approximate surface area is 114 Å². The van der Waals surface area contributed by atoms with Crippen molar-refractivity contribution in [2.24, 2.45) is 0 Å². The first kappa shape index (κ1) is 11.1. The topological polar surface area (TPSA) is 27.1 Å². The third-order valence-electron chi connectivity index (χ3n) is 2.82. The van der Waals surface area contributed by atoms with Crippen LogP contribution in [0.25, 0.3) is 0 Å². The molecule has 2 aromatic rings. The summed E-state index contributed by atoms with van der Waals surface area (Å²) < 4.78 is 9.00. The van der Waals surface area contributed by atoms with E-state index >= 15 is 0 Å². The first-order chi connectivity index (χ1) is 8.34. The minimum Gasteiger partial charge on any atom is -0.472 e. The van der Waals surface area contributed by atoms with Gasteiger partial charge in [-0.15, -0.1) is 0 Å². The van der Waals surface area contributed by atoms with Crippen molar-refractivity contribution in [2.45, 2.75) is 25.5 Å². The number of hydrogen-bond acceptors (Lipinski definition) is 2. The Hall–Kier alpha value is -1.04. The molecule has 0 amide bonds. The zero-order valence-electron chi connectivity index (χ0n) is 9.34. The molecule has 0 saturated heterocycles. The Kier molecular flexibility index (Phi) is 3.05. The highest BCUT2D eigenvalue weighted by atomic mass is 127. The second kappa shape index (κ2) is 4.68. The quantitative estimate of drug-likeness (QED) is 0.798. The van der Waals surface area contributed by atoms with Crippen LogP contribution in [-0.4, -0.2) is 9.78 Å². The molecule has 0 aliphatic heterocycles. The van der Waals surface area contributed by atoms with Gasteiger partial charge in [-0.3, -0.25) is 0 Å². The first-order valence-corrected chi connectivity index (χ1v) is 6.82. The molecule has 3 rings (SSSR count). The predicted molar refractivity (Wildman–Crippen MR) is 74.0 cm³/mol. The van der Waals surface area contributed by atoms with Gasteiger partial charge >= 0.3 is 0 Å². The van der Waals surface area contributed by atoms with Crippen molar-refractivity contribution < 1.29 is 4.74 Å². The average molecular weight is 340 g/mol. The van der Waals surface area contributed by atoms with Gasteiger partial charge in [0.15, 0.2) is 0 Å². The lowest BCUT2D eigenvalue weighted by Crippen LogP contribution is -2.04. The highest BCUT2D eigenvalue weighted by molar-refractivity contribution is 14.1. The van der Waals surface area contributed by atoms with E-state index in [1.807, 2.05) is 29.1 Å². The Morgan fingerprint density at radius 2 is 2.06 bits per heavy atom. The van der Waals surface area contributed by atoms with E-state index < -0.39 is 0 Å². The van der Waals surface area contributed by atoms with Gasteiger partial charge < -0.3 is 4.74 Å². The Morgan fingerprint density at radius 3 is 2.76 bits per heavy atom. The summed E-state index contributed by atoms with van der Waals surface area (Å²) in [7, 11) is 0. The van der Waals surface area contributed by atoms with Crippen molar-refractivity contribution in [3.05, 3.63) is 45.7 Å². The van der Waals surface area contributed by atoms with E-state index in [0.717, 1.165) is 9.45 Å². The number of halogens is 1. The molecule has 0 radical (unpaired) electrons. The molecule has 0 bridgehead atoms. The van der Waals surface area contributed by atoms with Gasteiger partial charge in [0.25, 0.3) is 0 Å². The standard InChI is InChI=1S/C13H13IN2O/c14-12-8-15-16(11-6-7-11)13(12)17-9-10-4-2-1-3-5-10/h1-5,8,11H,6-7,9H2. The van der Waals surface area contributed by atoms with E-state index in [0.29, 0.717) is 12.6 Å². The third kappa shape index (κ3) is 2.46. The fraction of sp³-hybridized carbons (Fsp3) is 0.308. The lowest BCUT2D eigenvalue weighted by molar-refractivity contribution is 0.270. The molecule has 1 heterocycles. The van der Waals surface area contributed by atoms with Gasteiger partial charge in [0, 0.05) is 0 Å². The normalized spacial score (nSPS) is 14.9. The molecular weight excluding hydrogens is 327 g/mol. The molecule has 3 nitrogen and oxygen atoms in total. The van der Waals surface area contributed by atoms with Crippen LogP contribution in [0.3, 0.4) is 0 Å². The highest BCUT2D eigenvalue weighted by Gasteiger charge is 2.28. The summed E-state index contributed by atoms with van der Waals surface area (Å²) in [5, 5.41) is 4.37. The summed E-state index contributed by atoms with van der Waals surface area (Å²) in [4.78, 5) is 0. The van der Waals surface area contributed by atoms with Crippen LogP contribution in [0.5, 0.6) is 5.88 Å². The Balaban J connectivity index is 1.74. The summed E-state index contributed by atoms with van der Waals surface area (Å²) in [6.07, 6.45) is 4.32. The van der Waals surface area contributed by atoms with Crippen LogP contribution in [-0.2, 0) is 6.61 Å². The van der Waals surface area contributed by atoms with E-state index in [1.54, 1.807) is 0 Å². The lowest BCUT2D eigenvalue weighted by Gasteiger charge is -2.09. The van der Waals surface area contributed by atoms with Crippen molar-refractivity contribution >= 4 is 22.6 Å². The molecule has 0 atom stereocenters. The van der Waals surface area contributed by atoms with Crippen LogP contribution in [0.4, 0.5) is 0 Å². The van der Waals surface area contributed by atoms with Crippen molar-refractivity contribution in [3.63, 3.8) is 0 Å². The molecular formula is C13H13IN2O. The molecule has 0 N–H and O–H groups in total.